The van der Waals surface area contributed by atoms with Crippen LogP contribution in [0.4, 0.5) is 14.5 Å². The number of hydrogen-bond donors (Lipinski definition) is 1. The molecular formula is C22H21ClF2N2O4S. The number of Topliss-reactive ketones (excluding diaryl/α,β-unsaturated/α-hetero) is 1. The Bertz CT molecular complexity index is 1200. The van der Waals surface area contributed by atoms with Crippen LogP contribution in [-0.2, 0) is 21.2 Å². The summed E-state index contributed by atoms with van der Waals surface area (Å²) in [7, 11) is -3.98. The maximum atomic E-state index is 13.3. The van der Waals surface area contributed by atoms with Gasteiger partial charge in [0.1, 0.15) is 6.04 Å². The number of fused-ring (bicyclic) bond motifs is 1. The normalized spacial score (nSPS) is 25.7. The Labute approximate surface area is 189 Å². The van der Waals surface area contributed by atoms with Crippen LogP contribution in [0.2, 0.25) is 5.02 Å². The lowest BCUT2D eigenvalue weighted by Crippen LogP contribution is -2.49. The number of carbonyl (C=O) groups excluding carboxylic acids is 2. The molecule has 0 radical (unpaired) electrons. The van der Waals surface area contributed by atoms with E-state index in [1.807, 2.05) is 0 Å². The van der Waals surface area contributed by atoms with Crippen molar-refractivity contribution >= 4 is 38.8 Å². The molecule has 1 fully saturated rings. The molecule has 1 amide bonds. The van der Waals surface area contributed by atoms with Gasteiger partial charge in [0.15, 0.2) is 15.6 Å². The number of nitrogens with two attached hydrogens (primary N) is 1. The first-order valence-corrected chi connectivity index (χ1v) is 11.9. The van der Waals surface area contributed by atoms with Gasteiger partial charge in [-0.25, -0.2) is 17.2 Å². The van der Waals surface area contributed by atoms with Crippen molar-refractivity contribution in [3.63, 3.8) is 0 Å². The molecular weight excluding hydrogens is 462 g/mol. The zero-order valence-corrected chi connectivity index (χ0v) is 18.7. The standard InChI is InChI=1S/C22H21ClF2N2O4S/c1-12-20(26)21(29)27(11-13-2-5-16(23)6-3-13)17-8-14(4-7-19(17)32(12,30)31)18(28)9-15-10-22(15,24)25/h2-8,12,15,20H,9-11,26H2,1H3/t12-,15?,20+/m1/s1. The average molecular weight is 483 g/mol. The Morgan fingerprint density at radius 3 is 2.44 bits per heavy atom. The van der Waals surface area contributed by atoms with Crippen molar-refractivity contribution in [2.24, 2.45) is 11.7 Å². The predicted molar refractivity (Wildman–Crippen MR) is 116 cm³/mol. The van der Waals surface area contributed by atoms with Gasteiger partial charge in [0, 0.05) is 29.3 Å². The summed E-state index contributed by atoms with van der Waals surface area (Å²) in [6, 6.07) is 9.16. The molecule has 32 heavy (non-hydrogen) atoms. The third-order valence-corrected chi connectivity index (χ3v) is 8.55. The van der Waals surface area contributed by atoms with E-state index < -0.39 is 44.7 Å². The van der Waals surface area contributed by atoms with E-state index in [0.29, 0.717) is 10.6 Å². The molecule has 1 aliphatic carbocycles. The highest BCUT2D eigenvalue weighted by molar-refractivity contribution is 7.92. The summed E-state index contributed by atoms with van der Waals surface area (Å²) in [5, 5.41) is -0.690. The van der Waals surface area contributed by atoms with E-state index >= 15 is 0 Å². The number of halogens is 3. The summed E-state index contributed by atoms with van der Waals surface area (Å²) < 4.78 is 52.8. The van der Waals surface area contributed by atoms with Crippen molar-refractivity contribution in [2.45, 2.75) is 48.4 Å². The third kappa shape index (κ3) is 4.04. The molecule has 4 rings (SSSR count). The maximum absolute atomic E-state index is 13.3. The molecule has 1 aliphatic heterocycles. The Morgan fingerprint density at radius 1 is 1.22 bits per heavy atom. The molecule has 1 saturated carbocycles. The van der Waals surface area contributed by atoms with Gasteiger partial charge in [0.25, 0.3) is 5.92 Å². The number of hydrogen-bond acceptors (Lipinski definition) is 5. The second-order valence-corrected chi connectivity index (χ2v) is 11.0. The summed E-state index contributed by atoms with van der Waals surface area (Å²) in [5.41, 5.74) is 6.75. The number of rotatable bonds is 5. The van der Waals surface area contributed by atoms with Gasteiger partial charge in [-0.15, -0.1) is 0 Å². The minimum atomic E-state index is -3.98. The van der Waals surface area contributed by atoms with E-state index in [4.69, 9.17) is 17.3 Å². The van der Waals surface area contributed by atoms with Crippen LogP contribution in [-0.4, -0.2) is 37.3 Å². The van der Waals surface area contributed by atoms with E-state index in [1.54, 1.807) is 24.3 Å². The fraction of sp³-hybridized carbons (Fsp3) is 0.364. The number of benzene rings is 2. The van der Waals surface area contributed by atoms with Crippen molar-refractivity contribution in [2.75, 3.05) is 4.90 Å². The van der Waals surface area contributed by atoms with Crippen molar-refractivity contribution in [1.29, 1.82) is 0 Å². The van der Waals surface area contributed by atoms with Gasteiger partial charge < -0.3 is 10.6 Å². The van der Waals surface area contributed by atoms with E-state index in [0.717, 1.165) is 0 Å². The van der Waals surface area contributed by atoms with Gasteiger partial charge in [-0.05, 0) is 42.8 Å². The summed E-state index contributed by atoms with van der Waals surface area (Å²) in [5.74, 6) is -5.01. The second kappa shape index (κ2) is 7.90. The summed E-state index contributed by atoms with van der Waals surface area (Å²) >= 11 is 5.92. The van der Waals surface area contributed by atoms with Gasteiger partial charge in [-0.2, -0.15) is 0 Å². The Kier molecular flexibility index (Phi) is 5.63. The van der Waals surface area contributed by atoms with Crippen LogP contribution >= 0.6 is 11.6 Å². The fourth-order valence-electron chi connectivity index (χ4n) is 3.80. The molecule has 0 saturated heterocycles. The van der Waals surface area contributed by atoms with Gasteiger partial charge in [0.05, 0.1) is 22.4 Å². The molecule has 10 heteroatoms. The van der Waals surface area contributed by atoms with Crippen LogP contribution in [0.15, 0.2) is 47.4 Å². The highest BCUT2D eigenvalue weighted by Gasteiger charge is 2.57. The zero-order valence-electron chi connectivity index (χ0n) is 17.1. The zero-order chi connectivity index (χ0) is 23.4. The highest BCUT2D eigenvalue weighted by Crippen LogP contribution is 2.51. The summed E-state index contributed by atoms with van der Waals surface area (Å²) in [6.07, 6.45) is -0.689. The number of carbonyl (C=O) groups is 2. The Morgan fingerprint density at radius 2 is 1.84 bits per heavy atom. The van der Waals surface area contributed by atoms with E-state index in [1.165, 1.54) is 30.0 Å². The molecule has 6 nitrogen and oxygen atoms in total. The molecule has 2 aromatic carbocycles. The highest BCUT2D eigenvalue weighted by atomic mass is 35.5. The molecule has 1 unspecified atom stereocenters. The number of nitrogens with zero attached hydrogens (tertiary/aromatic N) is 1. The van der Waals surface area contributed by atoms with Crippen LogP contribution in [0, 0.1) is 5.92 Å². The smallest absolute Gasteiger partial charge is 0.252 e. The number of amides is 1. The van der Waals surface area contributed by atoms with Crippen molar-refractivity contribution < 1.29 is 26.8 Å². The second-order valence-electron chi connectivity index (χ2n) is 8.30. The molecule has 170 valence electrons. The molecule has 1 heterocycles. The number of alkyl halides is 2. The Balaban J connectivity index is 1.78. The van der Waals surface area contributed by atoms with Crippen molar-refractivity contribution in [1.82, 2.24) is 0 Å². The quantitative estimate of drug-likeness (QED) is 0.656. The number of ketones is 1. The SMILES string of the molecule is C[C@@H]1[C@H](N)C(=O)N(Cc2ccc(Cl)cc2)c2cc(C(=O)CC3CC3(F)F)ccc2S1(=O)=O. The molecule has 2 aromatic rings. The van der Waals surface area contributed by atoms with Gasteiger partial charge in [-0.1, -0.05) is 23.7 Å². The lowest BCUT2D eigenvalue weighted by atomic mass is 10.0. The lowest BCUT2D eigenvalue weighted by molar-refractivity contribution is -0.119. The summed E-state index contributed by atoms with van der Waals surface area (Å²) in [4.78, 5) is 26.9. The molecule has 2 aliphatic rings. The van der Waals surface area contributed by atoms with Gasteiger partial charge >= 0.3 is 0 Å². The fourth-order valence-corrected chi connectivity index (χ4v) is 5.55. The average Bonchev–Trinajstić information content (AvgIpc) is 3.36. The first-order valence-electron chi connectivity index (χ1n) is 10.0. The monoisotopic (exact) mass is 482 g/mol. The van der Waals surface area contributed by atoms with Gasteiger partial charge in [0.2, 0.25) is 5.91 Å². The predicted octanol–water partition coefficient (Wildman–Crippen LogP) is 3.60. The Hall–Kier alpha value is -2.36. The van der Waals surface area contributed by atoms with E-state index in [2.05, 4.69) is 0 Å². The topological polar surface area (TPSA) is 97.5 Å². The van der Waals surface area contributed by atoms with Crippen LogP contribution in [0.1, 0.15) is 35.7 Å². The molecule has 0 bridgehead atoms. The van der Waals surface area contributed by atoms with Crippen molar-refractivity contribution in [3.05, 3.63) is 58.6 Å². The van der Waals surface area contributed by atoms with Gasteiger partial charge in [-0.3, -0.25) is 9.59 Å². The molecule has 0 aromatic heterocycles. The van der Waals surface area contributed by atoms with Crippen molar-refractivity contribution in [3.8, 4) is 0 Å². The largest absolute Gasteiger partial charge is 0.319 e. The molecule has 0 spiro atoms. The van der Waals surface area contributed by atoms with E-state index in [9.17, 15) is 26.8 Å². The molecule has 2 N–H and O–H groups in total. The first-order chi connectivity index (χ1) is 14.9. The van der Waals surface area contributed by atoms with Crippen LogP contribution in [0.25, 0.3) is 0 Å². The number of sulfone groups is 1. The minimum Gasteiger partial charge on any atom is -0.319 e. The third-order valence-electron chi connectivity index (χ3n) is 6.07. The minimum absolute atomic E-state index is 0.00270. The van der Waals surface area contributed by atoms with Crippen LogP contribution in [0.3, 0.4) is 0 Å². The van der Waals surface area contributed by atoms with Crippen LogP contribution < -0.4 is 10.6 Å². The van der Waals surface area contributed by atoms with E-state index in [-0.39, 0.29) is 35.5 Å². The van der Waals surface area contributed by atoms with Crippen LogP contribution in [0.5, 0.6) is 0 Å². The lowest BCUT2D eigenvalue weighted by Gasteiger charge is -2.25. The molecule has 3 atom stereocenters. The first kappa shape index (κ1) is 22.8. The summed E-state index contributed by atoms with van der Waals surface area (Å²) in [6.45, 7) is 1.36. The maximum Gasteiger partial charge on any atom is 0.252 e. The number of anilines is 1.